The molecule has 0 radical (unpaired) electrons. The molecule has 7 nitrogen and oxygen atoms in total. The quantitative estimate of drug-likeness (QED) is 0.712. The molecule has 7 heteroatoms. The summed E-state index contributed by atoms with van der Waals surface area (Å²) < 4.78 is 5.72. The normalized spacial score (nSPS) is 16.6. The topological polar surface area (TPSA) is 80.2 Å². The van der Waals surface area contributed by atoms with Crippen molar-refractivity contribution in [3.8, 4) is 11.5 Å². The Bertz CT molecular complexity index is 903. The Hall–Kier alpha value is -3.32. The van der Waals surface area contributed by atoms with Crippen LogP contribution in [0.15, 0.2) is 67.3 Å². The summed E-state index contributed by atoms with van der Waals surface area (Å²) in [6, 6.07) is 12.6. The van der Waals surface area contributed by atoms with Crippen molar-refractivity contribution < 1.29 is 9.53 Å². The summed E-state index contributed by atoms with van der Waals surface area (Å²) in [6.45, 7) is 1.45. The molecule has 1 aromatic carbocycles. The van der Waals surface area contributed by atoms with Gasteiger partial charge in [0.05, 0.1) is 18.8 Å². The van der Waals surface area contributed by atoms with Crippen LogP contribution in [0.25, 0.3) is 0 Å². The average molecular weight is 375 g/mol. The molecule has 4 rings (SSSR count). The highest BCUT2D eigenvalue weighted by molar-refractivity contribution is 5.95. The van der Waals surface area contributed by atoms with Gasteiger partial charge in [0.2, 0.25) is 5.91 Å². The molecule has 1 N–H and O–H groups in total. The number of anilines is 1. The molecule has 1 fully saturated rings. The largest absolute Gasteiger partial charge is 0.456 e. The van der Waals surface area contributed by atoms with Crippen LogP contribution in [0.5, 0.6) is 11.5 Å². The van der Waals surface area contributed by atoms with Crippen molar-refractivity contribution in [2.24, 2.45) is 0 Å². The number of hydrogen-bond acceptors (Lipinski definition) is 6. The molecule has 142 valence electrons. The Kier molecular flexibility index (Phi) is 5.53. The van der Waals surface area contributed by atoms with Crippen LogP contribution >= 0.6 is 0 Å². The SMILES string of the molecule is O=C(Nc1ccc(Oc2cccnc2)cc1)[C@H]1CCCN1Cc1ncccn1. The lowest BCUT2D eigenvalue weighted by atomic mass is 10.2. The number of carbonyl (C=O) groups is 1. The van der Waals surface area contributed by atoms with Crippen molar-refractivity contribution >= 4 is 11.6 Å². The monoisotopic (exact) mass is 375 g/mol. The number of nitrogens with zero attached hydrogens (tertiary/aromatic N) is 4. The van der Waals surface area contributed by atoms with Crippen LogP contribution in [0, 0.1) is 0 Å². The molecule has 0 aliphatic carbocycles. The maximum absolute atomic E-state index is 12.8. The van der Waals surface area contributed by atoms with Gasteiger partial charge in [-0.15, -0.1) is 0 Å². The lowest BCUT2D eigenvalue weighted by Gasteiger charge is -2.22. The summed E-state index contributed by atoms with van der Waals surface area (Å²) >= 11 is 0. The molecule has 1 aliphatic heterocycles. The molecular weight excluding hydrogens is 354 g/mol. The van der Waals surface area contributed by atoms with Gasteiger partial charge in [-0.2, -0.15) is 0 Å². The van der Waals surface area contributed by atoms with E-state index in [0.29, 0.717) is 18.0 Å². The zero-order chi connectivity index (χ0) is 19.2. The minimum atomic E-state index is -0.171. The van der Waals surface area contributed by atoms with Crippen LogP contribution < -0.4 is 10.1 Å². The fourth-order valence-corrected chi connectivity index (χ4v) is 3.28. The minimum absolute atomic E-state index is 0.00522. The van der Waals surface area contributed by atoms with E-state index in [-0.39, 0.29) is 11.9 Å². The van der Waals surface area contributed by atoms with Crippen LogP contribution in [-0.4, -0.2) is 38.3 Å². The van der Waals surface area contributed by atoms with Crippen molar-refractivity contribution in [1.82, 2.24) is 19.9 Å². The van der Waals surface area contributed by atoms with Crippen LogP contribution in [-0.2, 0) is 11.3 Å². The van der Waals surface area contributed by atoms with Gasteiger partial charge >= 0.3 is 0 Å². The molecule has 1 atom stereocenters. The number of nitrogens with one attached hydrogen (secondary N) is 1. The third kappa shape index (κ3) is 4.50. The van der Waals surface area contributed by atoms with Gasteiger partial charge in [0, 0.05) is 24.3 Å². The maximum atomic E-state index is 12.8. The van der Waals surface area contributed by atoms with E-state index in [2.05, 4.69) is 25.2 Å². The third-order valence-corrected chi connectivity index (χ3v) is 4.62. The first kappa shape index (κ1) is 18.1. The predicted octanol–water partition coefficient (Wildman–Crippen LogP) is 3.27. The van der Waals surface area contributed by atoms with Gasteiger partial charge in [0.25, 0.3) is 0 Å². The molecule has 2 aromatic heterocycles. The van der Waals surface area contributed by atoms with Crippen LogP contribution in [0.3, 0.4) is 0 Å². The molecule has 1 aliphatic rings. The number of pyridine rings is 1. The maximum Gasteiger partial charge on any atom is 0.241 e. The Morgan fingerprint density at radius 3 is 2.64 bits per heavy atom. The van der Waals surface area contributed by atoms with E-state index >= 15 is 0 Å². The molecule has 28 heavy (non-hydrogen) atoms. The van der Waals surface area contributed by atoms with Gasteiger partial charge in [0.15, 0.2) is 0 Å². The highest BCUT2D eigenvalue weighted by Gasteiger charge is 2.31. The third-order valence-electron chi connectivity index (χ3n) is 4.62. The van der Waals surface area contributed by atoms with Gasteiger partial charge < -0.3 is 10.1 Å². The average Bonchev–Trinajstić information content (AvgIpc) is 3.19. The van der Waals surface area contributed by atoms with E-state index in [1.807, 2.05) is 36.4 Å². The number of rotatable bonds is 6. The first-order valence-corrected chi connectivity index (χ1v) is 9.27. The lowest BCUT2D eigenvalue weighted by molar-refractivity contribution is -0.120. The molecule has 1 saturated heterocycles. The highest BCUT2D eigenvalue weighted by atomic mass is 16.5. The van der Waals surface area contributed by atoms with Gasteiger partial charge in [-0.25, -0.2) is 9.97 Å². The van der Waals surface area contributed by atoms with Crippen molar-refractivity contribution in [3.05, 3.63) is 73.1 Å². The minimum Gasteiger partial charge on any atom is -0.456 e. The summed E-state index contributed by atoms with van der Waals surface area (Å²) in [6.07, 6.45) is 8.62. The zero-order valence-electron chi connectivity index (χ0n) is 15.4. The fourth-order valence-electron chi connectivity index (χ4n) is 3.28. The van der Waals surface area contributed by atoms with E-state index in [9.17, 15) is 4.79 Å². The summed E-state index contributed by atoms with van der Waals surface area (Å²) in [4.78, 5) is 27.4. The molecule has 3 heterocycles. The first-order valence-electron chi connectivity index (χ1n) is 9.27. The van der Waals surface area contributed by atoms with Crippen LogP contribution in [0.2, 0.25) is 0 Å². The number of ether oxygens (including phenoxy) is 1. The second kappa shape index (κ2) is 8.58. The zero-order valence-corrected chi connectivity index (χ0v) is 15.4. The lowest BCUT2D eigenvalue weighted by Crippen LogP contribution is -2.39. The molecule has 0 bridgehead atoms. The van der Waals surface area contributed by atoms with Crippen molar-refractivity contribution in [1.29, 1.82) is 0 Å². The highest BCUT2D eigenvalue weighted by Crippen LogP contribution is 2.24. The van der Waals surface area contributed by atoms with Gasteiger partial charge in [-0.1, -0.05) is 0 Å². The van der Waals surface area contributed by atoms with Crippen LogP contribution in [0.4, 0.5) is 5.69 Å². The molecule has 0 saturated carbocycles. The number of hydrogen-bond donors (Lipinski definition) is 1. The Balaban J connectivity index is 1.36. The summed E-state index contributed by atoms with van der Waals surface area (Å²) in [7, 11) is 0. The molecule has 1 amide bonds. The van der Waals surface area contributed by atoms with Crippen molar-refractivity contribution in [3.63, 3.8) is 0 Å². The standard InChI is InChI=1S/C21H21N5O2/c27-21(19-5-2-13-26(19)15-20-23-11-3-12-24-20)25-16-6-8-17(9-7-16)28-18-4-1-10-22-14-18/h1,3-4,6-12,14,19H,2,5,13,15H2,(H,25,27)/t19-/m1/s1. The van der Waals surface area contributed by atoms with Crippen molar-refractivity contribution in [2.75, 3.05) is 11.9 Å². The molecule has 0 spiro atoms. The van der Waals surface area contributed by atoms with Crippen molar-refractivity contribution in [2.45, 2.75) is 25.4 Å². The predicted molar refractivity (Wildman–Crippen MR) is 105 cm³/mol. The number of carbonyl (C=O) groups excluding carboxylic acids is 1. The van der Waals surface area contributed by atoms with Gasteiger partial charge in [-0.3, -0.25) is 14.7 Å². The van der Waals surface area contributed by atoms with Crippen LogP contribution in [0.1, 0.15) is 18.7 Å². The summed E-state index contributed by atoms with van der Waals surface area (Å²) in [5.74, 6) is 2.09. The Morgan fingerprint density at radius 1 is 1.07 bits per heavy atom. The number of likely N-dealkylation sites (tertiary alicyclic amines) is 1. The van der Waals surface area contributed by atoms with Gasteiger partial charge in [0.1, 0.15) is 17.3 Å². The Labute approximate surface area is 163 Å². The van der Waals surface area contributed by atoms with E-state index in [1.54, 1.807) is 30.9 Å². The fraction of sp³-hybridized carbons (Fsp3) is 0.238. The Morgan fingerprint density at radius 2 is 1.89 bits per heavy atom. The second-order valence-electron chi connectivity index (χ2n) is 6.60. The number of benzene rings is 1. The van der Waals surface area contributed by atoms with E-state index in [1.165, 1.54) is 0 Å². The summed E-state index contributed by atoms with van der Waals surface area (Å²) in [5.41, 5.74) is 0.742. The van der Waals surface area contributed by atoms with E-state index in [0.717, 1.165) is 30.9 Å². The molecular formula is C21H21N5O2. The second-order valence-corrected chi connectivity index (χ2v) is 6.60. The first-order chi connectivity index (χ1) is 13.8. The molecule has 0 unspecified atom stereocenters. The summed E-state index contributed by atoms with van der Waals surface area (Å²) in [5, 5.41) is 3.00. The van der Waals surface area contributed by atoms with Gasteiger partial charge in [-0.05, 0) is 61.9 Å². The molecule has 3 aromatic rings. The number of aromatic nitrogens is 3. The van der Waals surface area contributed by atoms with E-state index < -0.39 is 0 Å². The number of amides is 1. The smallest absolute Gasteiger partial charge is 0.241 e. The van der Waals surface area contributed by atoms with E-state index in [4.69, 9.17) is 4.74 Å².